The van der Waals surface area contributed by atoms with E-state index < -0.39 is 45.9 Å². The van der Waals surface area contributed by atoms with Crippen molar-refractivity contribution in [2.24, 2.45) is 11.8 Å². The Morgan fingerprint density at radius 2 is 1.69 bits per heavy atom. The Morgan fingerprint density at radius 3 is 2.41 bits per heavy atom. The molecule has 0 radical (unpaired) electrons. The van der Waals surface area contributed by atoms with Gasteiger partial charge in [-0.05, 0) is 48.7 Å². The van der Waals surface area contributed by atoms with Crippen LogP contribution in [-0.2, 0) is 30.8 Å². The van der Waals surface area contributed by atoms with Crippen LogP contribution in [0, 0.1) is 11.8 Å². The summed E-state index contributed by atoms with van der Waals surface area (Å²) in [6.45, 7) is 0.409. The zero-order valence-corrected chi connectivity index (χ0v) is 17.9. The number of nitrogens with one attached hydrogen (secondary N) is 1. The Balaban J connectivity index is 1.34. The Kier molecular flexibility index (Phi) is 5.02. The van der Waals surface area contributed by atoms with Gasteiger partial charge in [-0.1, -0.05) is 30.4 Å². The third kappa shape index (κ3) is 3.37. The number of nitrogens with zero attached hydrogens (tertiary/aromatic N) is 1. The van der Waals surface area contributed by atoms with Crippen LogP contribution < -0.4 is 9.62 Å². The summed E-state index contributed by atoms with van der Waals surface area (Å²) in [6, 6.07) is 13.4. The molecule has 0 aromatic heterocycles. The predicted molar refractivity (Wildman–Crippen MR) is 117 cm³/mol. The van der Waals surface area contributed by atoms with Gasteiger partial charge in [-0.2, -0.15) is 0 Å². The number of carbonyl (C=O) groups excluding carboxylic acids is 1. The van der Waals surface area contributed by atoms with Gasteiger partial charge < -0.3 is 15.2 Å². The van der Waals surface area contributed by atoms with Gasteiger partial charge in [-0.3, -0.25) is 13.9 Å². The quantitative estimate of drug-likeness (QED) is 0.671. The number of aliphatic carboxylic acids is 1. The van der Waals surface area contributed by atoms with Gasteiger partial charge in [-0.15, -0.1) is 0 Å². The molecule has 4 atom stereocenters. The normalized spacial score (nSPS) is 26.1. The minimum Gasteiger partial charge on any atom is -0.481 e. The van der Waals surface area contributed by atoms with E-state index in [4.69, 9.17) is 4.74 Å². The van der Waals surface area contributed by atoms with Crippen LogP contribution in [-0.4, -0.2) is 44.2 Å². The van der Waals surface area contributed by atoms with Crippen LogP contribution in [0.1, 0.15) is 12.0 Å². The molecule has 2 bridgehead atoms. The van der Waals surface area contributed by atoms with E-state index in [-0.39, 0.29) is 4.90 Å². The highest BCUT2D eigenvalue weighted by Crippen LogP contribution is 2.40. The van der Waals surface area contributed by atoms with E-state index in [2.05, 4.69) is 5.32 Å². The summed E-state index contributed by atoms with van der Waals surface area (Å²) in [5, 5.41) is 12.2. The van der Waals surface area contributed by atoms with Crippen molar-refractivity contribution in [3.63, 3.8) is 0 Å². The van der Waals surface area contributed by atoms with Gasteiger partial charge in [-0.25, -0.2) is 8.42 Å². The first-order valence-electron chi connectivity index (χ1n) is 10.4. The first-order chi connectivity index (χ1) is 15.4. The van der Waals surface area contributed by atoms with Crippen molar-refractivity contribution in [3.8, 4) is 0 Å². The summed E-state index contributed by atoms with van der Waals surface area (Å²) in [4.78, 5) is 24.5. The van der Waals surface area contributed by atoms with E-state index in [0.29, 0.717) is 17.9 Å². The minimum absolute atomic E-state index is 0.127. The lowest BCUT2D eigenvalue weighted by Crippen LogP contribution is -2.39. The summed E-state index contributed by atoms with van der Waals surface area (Å²) in [6.07, 6.45) is 3.79. The second-order valence-electron chi connectivity index (χ2n) is 8.16. The summed E-state index contributed by atoms with van der Waals surface area (Å²) in [5.74, 6) is -3.32. The Bertz CT molecular complexity index is 1210. The molecular weight excluding hydrogens is 432 g/mol. The fourth-order valence-corrected chi connectivity index (χ4v) is 6.27. The van der Waals surface area contributed by atoms with E-state index in [1.165, 1.54) is 28.6 Å². The summed E-state index contributed by atoms with van der Waals surface area (Å²) in [5.41, 5.74) is 2.09. The molecule has 2 N–H and O–H groups in total. The number of carbonyl (C=O) groups is 2. The van der Waals surface area contributed by atoms with Gasteiger partial charge in [0.15, 0.2) is 0 Å². The average Bonchev–Trinajstić information content (AvgIpc) is 3.41. The Labute approximate surface area is 185 Å². The molecule has 2 aromatic carbocycles. The number of carboxylic acid groups (broad SMARTS) is 1. The third-order valence-electron chi connectivity index (χ3n) is 6.26. The highest BCUT2D eigenvalue weighted by Gasteiger charge is 2.53. The lowest BCUT2D eigenvalue weighted by atomic mass is 9.82. The van der Waals surface area contributed by atoms with Gasteiger partial charge in [0.1, 0.15) is 5.92 Å². The molecule has 166 valence electrons. The molecule has 1 saturated heterocycles. The van der Waals surface area contributed by atoms with Gasteiger partial charge in [0, 0.05) is 12.2 Å². The van der Waals surface area contributed by atoms with Gasteiger partial charge in [0.05, 0.1) is 28.7 Å². The SMILES string of the molecule is O=C(O)[C@H]1[C@H](C(=O)Nc2ccc(S(=O)(=O)N3CCCc4ccccc43)cc2)[C@H]2C=C[C@H]1O2. The van der Waals surface area contributed by atoms with E-state index >= 15 is 0 Å². The molecule has 3 aliphatic heterocycles. The molecule has 5 rings (SSSR count). The number of para-hydroxylation sites is 1. The molecule has 0 spiro atoms. The highest BCUT2D eigenvalue weighted by atomic mass is 32.2. The van der Waals surface area contributed by atoms with E-state index in [1.807, 2.05) is 24.3 Å². The monoisotopic (exact) mass is 454 g/mol. The molecule has 9 heteroatoms. The van der Waals surface area contributed by atoms with Crippen molar-refractivity contribution in [2.75, 3.05) is 16.2 Å². The van der Waals surface area contributed by atoms with E-state index in [0.717, 1.165) is 18.4 Å². The molecule has 0 aliphatic carbocycles. The molecular formula is C23H22N2O6S. The molecule has 1 fully saturated rings. The van der Waals surface area contributed by atoms with Crippen molar-refractivity contribution in [1.82, 2.24) is 0 Å². The number of hydrogen-bond acceptors (Lipinski definition) is 5. The molecule has 3 heterocycles. The molecule has 8 nitrogen and oxygen atoms in total. The summed E-state index contributed by atoms with van der Waals surface area (Å²) >= 11 is 0. The van der Waals surface area contributed by atoms with E-state index in [1.54, 1.807) is 12.2 Å². The zero-order chi connectivity index (χ0) is 22.5. The largest absolute Gasteiger partial charge is 0.481 e. The number of amides is 1. The number of ether oxygens (including phenoxy) is 1. The van der Waals surface area contributed by atoms with Gasteiger partial charge >= 0.3 is 5.97 Å². The average molecular weight is 455 g/mol. The predicted octanol–water partition coefficient (Wildman–Crippen LogP) is 2.42. The number of sulfonamides is 1. The van der Waals surface area contributed by atoms with E-state index in [9.17, 15) is 23.1 Å². The van der Waals surface area contributed by atoms with Crippen molar-refractivity contribution in [1.29, 1.82) is 0 Å². The summed E-state index contributed by atoms with van der Waals surface area (Å²) < 4.78 is 33.5. The number of carboxylic acids is 1. The Hall–Kier alpha value is -3.17. The molecule has 3 aliphatic rings. The number of benzene rings is 2. The van der Waals surface area contributed by atoms with Crippen LogP contribution in [0.2, 0.25) is 0 Å². The van der Waals surface area contributed by atoms with Crippen LogP contribution in [0.4, 0.5) is 11.4 Å². The first kappa shape index (κ1) is 20.7. The van der Waals surface area contributed by atoms with Crippen molar-refractivity contribution in [2.45, 2.75) is 29.9 Å². The Morgan fingerprint density at radius 1 is 1.00 bits per heavy atom. The molecule has 0 unspecified atom stereocenters. The maximum Gasteiger partial charge on any atom is 0.310 e. The van der Waals surface area contributed by atoms with Crippen LogP contribution in [0.3, 0.4) is 0 Å². The standard InChI is InChI=1S/C23H22N2O6S/c26-22(20-18-11-12-19(31-18)21(20)23(27)28)24-15-7-9-16(10-8-15)32(29,30)25-13-3-5-14-4-1-2-6-17(14)25/h1-2,4,6-12,18-21H,3,5,13H2,(H,24,26)(H,27,28)/t18-,19-,20-,21-/m1/s1. The number of anilines is 2. The number of aryl methyl sites for hydroxylation is 1. The smallest absolute Gasteiger partial charge is 0.310 e. The number of rotatable bonds is 5. The zero-order valence-electron chi connectivity index (χ0n) is 17.0. The molecule has 1 amide bonds. The maximum atomic E-state index is 13.2. The van der Waals surface area contributed by atoms with Crippen LogP contribution >= 0.6 is 0 Å². The number of hydrogen-bond donors (Lipinski definition) is 2. The topological polar surface area (TPSA) is 113 Å². The fraction of sp³-hybridized carbons (Fsp3) is 0.304. The van der Waals surface area contributed by atoms with Gasteiger partial charge in [0.2, 0.25) is 5.91 Å². The lowest BCUT2D eigenvalue weighted by molar-refractivity contribution is -0.145. The summed E-state index contributed by atoms with van der Waals surface area (Å²) in [7, 11) is -3.75. The van der Waals surface area contributed by atoms with Crippen molar-refractivity contribution >= 4 is 33.3 Å². The van der Waals surface area contributed by atoms with Crippen molar-refractivity contribution in [3.05, 3.63) is 66.2 Å². The van der Waals surface area contributed by atoms with Crippen LogP contribution in [0.5, 0.6) is 0 Å². The first-order valence-corrected chi connectivity index (χ1v) is 11.9. The molecule has 32 heavy (non-hydrogen) atoms. The second-order valence-corrected chi connectivity index (χ2v) is 10.0. The molecule has 0 saturated carbocycles. The number of fused-ring (bicyclic) bond motifs is 3. The van der Waals surface area contributed by atoms with Crippen molar-refractivity contribution < 1.29 is 27.9 Å². The van der Waals surface area contributed by atoms with Gasteiger partial charge in [0.25, 0.3) is 10.0 Å². The second kappa shape index (κ2) is 7.75. The highest BCUT2D eigenvalue weighted by molar-refractivity contribution is 7.92. The van der Waals surface area contributed by atoms with Crippen LogP contribution in [0.15, 0.2) is 65.6 Å². The third-order valence-corrected chi connectivity index (χ3v) is 8.09. The van der Waals surface area contributed by atoms with Crippen LogP contribution in [0.25, 0.3) is 0 Å². The lowest BCUT2D eigenvalue weighted by Gasteiger charge is -2.30. The molecule has 2 aromatic rings. The fourth-order valence-electron chi connectivity index (χ4n) is 4.73. The maximum absolute atomic E-state index is 13.2. The minimum atomic E-state index is -3.75.